The van der Waals surface area contributed by atoms with Gasteiger partial charge in [-0.25, -0.2) is 0 Å². The van der Waals surface area contributed by atoms with Gasteiger partial charge in [0.25, 0.3) is 0 Å². The van der Waals surface area contributed by atoms with Crippen LogP contribution in [-0.2, 0) is 9.31 Å². The van der Waals surface area contributed by atoms with Gasteiger partial charge in [-0.1, -0.05) is 6.07 Å². The van der Waals surface area contributed by atoms with Crippen molar-refractivity contribution in [2.24, 2.45) is 0 Å². The maximum Gasteiger partial charge on any atom is 0.495 e. The molecule has 0 aliphatic rings. The van der Waals surface area contributed by atoms with E-state index in [1.54, 1.807) is 6.20 Å². The zero-order chi connectivity index (χ0) is 10.4. The molecule has 0 bridgehead atoms. The first kappa shape index (κ1) is 11.2. The highest BCUT2D eigenvalue weighted by molar-refractivity contribution is 6.61. The highest BCUT2D eigenvalue weighted by Crippen LogP contribution is 1.95. The Labute approximate surface area is 85.6 Å². The van der Waals surface area contributed by atoms with Crippen LogP contribution < -0.4 is 5.46 Å². The monoisotopic (exact) mass is 193 g/mol. The Morgan fingerprint density at radius 2 is 1.86 bits per heavy atom. The van der Waals surface area contributed by atoms with Crippen LogP contribution in [0.2, 0.25) is 0 Å². The van der Waals surface area contributed by atoms with Gasteiger partial charge >= 0.3 is 7.12 Å². The molecule has 1 aromatic rings. The Balaban J connectivity index is 2.75. The van der Waals surface area contributed by atoms with Gasteiger partial charge in [-0.15, -0.1) is 0 Å². The van der Waals surface area contributed by atoms with E-state index in [9.17, 15) is 0 Å². The summed E-state index contributed by atoms with van der Waals surface area (Å²) >= 11 is 0. The summed E-state index contributed by atoms with van der Waals surface area (Å²) < 4.78 is 10.9. The van der Waals surface area contributed by atoms with Gasteiger partial charge in [-0.3, -0.25) is 4.98 Å². The summed E-state index contributed by atoms with van der Waals surface area (Å²) in [5.74, 6) is 0. The van der Waals surface area contributed by atoms with Crippen LogP contribution in [-0.4, -0.2) is 25.3 Å². The summed E-state index contributed by atoms with van der Waals surface area (Å²) in [5, 5.41) is 0. The summed E-state index contributed by atoms with van der Waals surface area (Å²) in [5.41, 5.74) is 2.10. The van der Waals surface area contributed by atoms with Gasteiger partial charge in [0.1, 0.15) is 0 Å². The molecule has 76 valence electrons. The molecule has 0 atom stereocenters. The molecule has 14 heavy (non-hydrogen) atoms. The van der Waals surface area contributed by atoms with E-state index in [1.165, 1.54) is 0 Å². The molecule has 0 saturated carbocycles. The van der Waals surface area contributed by atoms with E-state index in [-0.39, 0.29) is 7.12 Å². The zero-order valence-corrected chi connectivity index (χ0v) is 8.99. The van der Waals surface area contributed by atoms with E-state index >= 15 is 0 Å². The number of hydrogen-bond acceptors (Lipinski definition) is 3. The fraction of sp³-hybridized carbons (Fsp3) is 0.500. The van der Waals surface area contributed by atoms with Gasteiger partial charge in [-0.05, 0) is 26.3 Å². The lowest BCUT2D eigenvalue weighted by atomic mass is 9.79. The van der Waals surface area contributed by atoms with Crippen molar-refractivity contribution >= 4 is 12.6 Å². The average molecular weight is 193 g/mol. The van der Waals surface area contributed by atoms with E-state index in [1.807, 2.05) is 33.0 Å². The van der Waals surface area contributed by atoms with Crippen molar-refractivity contribution < 1.29 is 9.31 Å². The summed E-state index contributed by atoms with van der Waals surface area (Å²) in [6.07, 6.45) is 3.60. The number of rotatable bonds is 5. The second-order valence-corrected chi connectivity index (χ2v) is 3.04. The van der Waals surface area contributed by atoms with Crippen LogP contribution in [0.1, 0.15) is 19.4 Å². The molecule has 0 aromatic carbocycles. The second-order valence-electron chi connectivity index (χ2n) is 3.04. The third kappa shape index (κ3) is 3.12. The number of nitrogens with zero attached hydrogens (tertiary/aromatic N) is 1. The van der Waals surface area contributed by atoms with E-state index in [0.29, 0.717) is 13.2 Å². The van der Waals surface area contributed by atoms with E-state index in [4.69, 9.17) is 9.31 Å². The molecule has 4 heteroatoms. The quantitative estimate of drug-likeness (QED) is 0.657. The number of pyridine rings is 1. The van der Waals surface area contributed by atoms with Crippen LogP contribution in [0.5, 0.6) is 0 Å². The summed E-state index contributed by atoms with van der Waals surface area (Å²) in [4.78, 5) is 4.11. The SMILES string of the molecule is CCOB(OCC)c1cncc(C)c1. The molecule has 1 heterocycles. The number of aromatic nitrogens is 1. The molecule has 0 unspecified atom stereocenters. The van der Waals surface area contributed by atoms with Gasteiger partial charge in [0.05, 0.1) is 0 Å². The maximum absolute atomic E-state index is 5.46. The molecule has 0 saturated heterocycles. The fourth-order valence-electron chi connectivity index (χ4n) is 1.25. The van der Waals surface area contributed by atoms with Crippen LogP contribution in [0, 0.1) is 6.92 Å². The Morgan fingerprint density at radius 1 is 1.21 bits per heavy atom. The molecule has 0 fully saturated rings. The van der Waals surface area contributed by atoms with Crippen LogP contribution in [0.15, 0.2) is 18.5 Å². The van der Waals surface area contributed by atoms with Crippen LogP contribution >= 0.6 is 0 Å². The van der Waals surface area contributed by atoms with Gasteiger partial charge < -0.3 is 9.31 Å². The van der Waals surface area contributed by atoms with E-state index in [0.717, 1.165) is 11.0 Å². The predicted molar refractivity (Wildman–Crippen MR) is 57.6 cm³/mol. The first-order chi connectivity index (χ1) is 6.77. The molecule has 1 rings (SSSR count). The molecule has 0 N–H and O–H groups in total. The minimum atomic E-state index is -0.280. The lowest BCUT2D eigenvalue weighted by molar-refractivity contribution is 0.225. The maximum atomic E-state index is 5.46. The molecule has 0 aliphatic heterocycles. The summed E-state index contributed by atoms with van der Waals surface area (Å²) in [6.45, 7) is 7.19. The van der Waals surface area contributed by atoms with Crippen molar-refractivity contribution in [1.29, 1.82) is 0 Å². The van der Waals surface area contributed by atoms with Crippen LogP contribution in [0.25, 0.3) is 0 Å². The van der Waals surface area contributed by atoms with Crippen molar-refractivity contribution in [2.75, 3.05) is 13.2 Å². The predicted octanol–water partition coefficient (Wildman–Crippen LogP) is 1.16. The molecule has 3 nitrogen and oxygen atoms in total. The van der Waals surface area contributed by atoms with Crippen LogP contribution in [0.4, 0.5) is 0 Å². The Bertz CT molecular complexity index is 275. The highest BCUT2D eigenvalue weighted by atomic mass is 16.6. The molecule has 0 radical (unpaired) electrons. The topological polar surface area (TPSA) is 31.4 Å². The Hall–Kier alpha value is -0.865. The molecule has 0 aliphatic carbocycles. The van der Waals surface area contributed by atoms with Crippen molar-refractivity contribution in [1.82, 2.24) is 4.98 Å². The van der Waals surface area contributed by atoms with Gasteiger partial charge in [-0.2, -0.15) is 0 Å². The molecule has 0 spiro atoms. The Kier molecular flexibility index (Phi) is 4.63. The van der Waals surface area contributed by atoms with Crippen LogP contribution in [0.3, 0.4) is 0 Å². The number of aryl methyl sites for hydroxylation is 1. The minimum Gasteiger partial charge on any atom is -0.408 e. The fourth-order valence-corrected chi connectivity index (χ4v) is 1.25. The second kappa shape index (κ2) is 5.78. The molecular formula is C10H16BNO2. The highest BCUT2D eigenvalue weighted by Gasteiger charge is 2.20. The first-order valence-corrected chi connectivity index (χ1v) is 4.92. The summed E-state index contributed by atoms with van der Waals surface area (Å²) in [7, 11) is -0.280. The first-order valence-electron chi connectivity index (χ1n) is 4.92. The van der Waals surface area contributed by atoms with Crippen molar-refractivity contribution in [3.63, 3.8) is 0 Å². The zero-order valence-electron chi connectivity index (χ0n) is 8.99. The van der Waals surface area contributed by atoms with Crippen molar-refractivity contribution in [3.05, 3.63) is 24.0 Å². The van der Waals surface area contributed by atoms with E-state index in [2.05, 4.69) is 4.98 Å². The summed E-state index contributed by atoms with van der Waals surface area (Å²) in [6, 6.07) is 2.03. The van der Waals surface area contributed by atoms with Gasteiger partial charge in [0, 0.05) is 31.1 Å². The lowest BCUT2D eigenvalue weighted by Crippen LogP contribution is -2.37. The third-order valence-corrected chi connectivity index (χ3v) is 1.80. The van der Waals surface area contributed by atoms with E-state index < -0.39 is 0 Å². The third-order valence-electron chi connectivity index (χ3n) is 1.80. The lowest BCUT2D eigenvalue weighted by Gasteiger charge is -2.12. The standard InChI is InChI=1S/C10H16BNO2/c1-4-13-11(14-5-2)10-6-9(3)7-12-8-10/h6-8H,4-5H2,1-3H3. The Morgan fingerprint density at radius 3 is 2.36 bits per heavy atom. The van der Waals surface area contributed by atoms with Crippen molar-refractivity contribution in [3.8, 4) is 0 Å². The molecular weight excluding hydrogens is 177 g/mol. The number of hydrogen-bond donors (Lipinski definition) is 0. The smallest absolute Gasteiger partial charge is 0.408 e. The van der Waals surface area contributed by atoms with Gasteiger partial charge in [0.2, 0.25) is 0 Å². The average Bonchev–Trinajstić information content (AvgIpc) is 2.17. The normalized spacial score (nSPS) is 10.2. The van der Waals surface area contributed by atoms with Gasteiger partial charge in [0.15, 0.2) is 0 Å². The molecule has 1 aromatic heterocycles. The van der Waals surface area contributed by atoms with Crippen molar-refractivity contribution in [2.45, 2.75) is 20.8 Å². The largest absolute Gasteiger partial charge is 0.495 e. The minimum absolute atomic E-state index is 0.280. The molecule has 0 amide bonds.